The van der Waals surface area contributed by atoms with Crippen molar-refractivity contribution >= 4 is 20.2 Å². The predicted molar refractivity (Wildman–Crippen MR) is 43.7 cm³/mol. The van der Waals surface area contributed by atoms with E-state index in [0.717, 1.165) is 0 Å². The van der Waals surface area contributed by atoms with E-state index >= 15 is 0 Å². The van der Waals surface area contributed by atoms with E-state index in [2.05, 4.69) is 8.37 Å². The van der Waals surface area contributed by atoms with E-state index in [4.69, 9.17) is 10.8 Å². The van der Waals surface area contributed by atoms with Gasteiger partial charge in [-0.15, -0.1) is 0 Å². The van der Waals surface area contributed by atoms with Gasteiger partial charge in [0, 0.05) is 6.54 Å². The lowest BCUT2D eigenvalue weighted by atomic mass is 10.7. The molecule has 0 unspecified atom stereocenters. The number of hydrogen-bond donors (Lipinski definition) is 2. The van der Waals surface area contributed by atoms with Gasteiger partial charge in [-0.05, 0) is 0 Å². The van der Waals surface area contributed by atoms with E-state index in [1.165, 1.54) is 0 Å². The van der Waals surface area contributed by atoms with E-state index in [9.17, 15) is 16.8 Å². The van der Waals surface area contributed by atoms with Crippen molar-refractivity contribution in [1.29, 1.82) is 0 Å². The maximum Gasteiger partial charge on any atom is 0.409 e. The van der Waals surface area contributed by atoms with E-state index in [1.54, 1.807) is 0 Å². The third-order valence-corrected chi connectivity index (χ3v) is 3.89. The van der Waals surface area contributed by atoms with Crippen molar-refractivity contribution in [1.82, 2.24) is 0 Å². The Morgan fingerprint density at radius 3 is 2.21 bits per heavy atom. The summed E-state index contributed by atoms with van der Waals surface area (Å²) < 4.78 is 50.5. The second-order valence-corrected chi connectivity index (χ2v) is 6.00. The van der Waals surface area contributed by atoms with Crippen LogP contribution in [0.25, 0.3) is 0 Å². The van der Waals surface area contributed by atoms with Crippen LogP contribution in [0.1, 0.15) is 0 Å². The van der Waals surface area contributed by atoms with Crippen LogP contribution in [0, 0.1) is 0 Å². The molecule has 0 bridgehead atoms. The van der Waals surface area contributed by atoms with Gasteiger partial charge in [0.1, 0.15) is 5.75 Å². The molecule has 0 aliphatic carbocycles. The summed E-state index contributed by atoms with van der Waals surface area (Å²) in [5.41, 5.74) is 4.99. The van der Waals surface area contributed by atoms with Crippen LogP contribution in [-0.4, -0.2) is 46.0 Å². The first-order valence-electron chi connectivity index (χ1n) is 3.47. The van der Waals surface area contributed by atoms with Crippen LogP contribution in [0.3, 0.4) is 0 Å². The third-order valence-electron chi connectivity index (χ3n) is 1.30. The molecular weight excluding hydrogens is 238 g/mol. The zero-order valence-electron chi connectivity index (χ0n) is 6.91. The summed E-state index contributed by atoms with van der Waals surface area (Å²) in [4.78, 5) is 0. The zero-order chi connectivity index (χ0) is 11.0. The first kappa shape index (κ1) is 11.8. The normalized spacial score (nSPS) is 24.1. The van der Waals surface area contributed by atoms with Crippen molar-refractivity contribution < 1.29 is 30.3 Å². The minimum atomic E-state index is -4.22. The van der Waals surface area contributed by atoms with Gasteiger partial charge in [0.15, 0.2) is 9.84 Å². The lowest BCUT2D eigenvalue weighted by molar-refractivity contribution is -0.309. The maximum atomic E-state index is 11.1. The van der Waals surface area contributed by atoms with Gasteiger partial charge < -0.3 is 10.8 Å². The molecule has 1 aliphatic rings. The minimum absolute atomic E-state index is 0.134. The largest absolute Gasteiger partial charge is 0.409 e. The summed E-state index contributed by atoms with van der Waals surface area (Å²) in [6.07, 6.45) is 0. The molecule has 0 amide bonds. The molecule has 1 aliphatic heterocycles. The minimum Gasteiger partial charge on any atom is -0.341 e. The summed E-state index contributed by atoms with van der Waals surface area (Å²) in [5, 5.41) is 9.06. The second-order valence-electron chi connectivity index (χ2n) is 2.67. The van der Waals surface area contributed by atoms with Crippen molar-refractivity contribution in [3.05, 3.63) is 0 Å². The van der Waals surface area contributed by atoms with Crippen LogP contribution in [0.4, 0.5) is 0 Å². The van der Waals surface area contributed by atoms with Gasteiger partial charge in [-0.2, -0.15) is 16.8 Å². The fraction of sp³-hybridized carbons (Fsp3) is 1.00. The quantitative estimate of drug-likeness (QED) is 0.548. The van der Waals surface area contributed by atoms with Gasteiger partial charge in [-0.1, -0.05) is 0 Å². The standard InChI is InChI=1S/C4H9NO7S2/c5-1-2-13(7,8)3-4(6)11-14(9,10)12-4/h6H,1-3,5H2. The monoisotopic (exact) mass is 247 g/mol. The Hall–Kier alpha value is -0.260. The van der Waals surface area contributed by atoms with E-state index < -0.39 is 32.0 Å². The highest BCUT2D eigenvalue weighted by Crippen LogP contribution is 2.29. The number of sulfone groups is 1. The molecule has 0 saturated carbocycles. The zero-order valence-corrected chi connectivity index (χ0v) is 8.54. The molecule has 1 rings (SSSR count). The molecule has 8 nitrogen and oxygen atoms in total. The SMILES string of the molecule is NCCS(=O)(=O)CC1(O)OS(=O)(=O)O1. The topological polar surface area (TPSA) is 133 Å². The first-order valence-corrected chi connectivity index (χ1v) is 6.63. The number of hydrogen-bond acceptors (Lipinski definition) is 8. The van der Waals surface area contributed by atoms with Crippen molar-refractivity contribution in [3.63, 3.8) is 0 Å². The molecule has 0 aromatic heterocycles. The van der Waals surface area contributed by atoms with Crippen molar-refractivity contribution in [3.8, 4) is 0 Å². The van der Waals surface area contributed by atoms with Crippen molar-refractivity contribution in [2.45, 2.75) is 5.97 Å². The molecular formula is C4H9NO7S2. The number of aliphatic hydroxyl groups is 1. The Morgan fingerprint density at radius 2 is 1.86 bits per heavy atom. The summed E-state index contributed by atoms with van der Waals surface area (Å²) in [6, 6.07) is 0. The highest BCUT2D eigenvalue weighted by atomic mass is 32.3. The van der Waals surface area contributed by atoms with Gasteiger partial charge >= 0.3 is 16.4 Å². The van der Waals surface area contributed by atoms with Crippen molar-refractivity contribution in [2.24, 2.45) is 5.73 Å². The van der Waals surface area contributed by atoms with E-state index in [0.29, 0.717) is 0 Å². The molecule has 0 radical (unpaired) electrons. The molecule has 14 heavy (non-hydrogen) atoms. The molecule has 0 atom stereocenters. The van der Waals surface area contributed by atoms with Crippen LogP contribution < -0.4 is 5.73 Å². The average Bonchev–Trinajstić information content (AvgIpc) is 1.77. The van der Waals surface area contributed by atoms with Crippen LogP contribution >= 0.6 is 0 Å². The number of rotatable bonds is 4. The van der Waals surface area contributed by atoms with Gasteiger partial charge in [0.05, 0.1) is 5.75 Å². The highest BCUT2D eigenvalue weighted by molar-refractivity contribution is 7.91. The molecule has 3 N–H and O–H groups in total. The molecule has 10 heteroatoms. The van der Waals surface area contributed by atoms with E-state index in [-0.39, 0.29) is 12.3 Å². The number of nitrogens with two attached hydrogens (primary N) is 1. The van der Waals surface area contributed by atoms with Gasteiger partial charge in [-0.3, -0.25) is 0 Å². The fourth-order valence-corrected chi connectivity index (χ4v) is 3.00. The molecule has 1 fully saturated rings. The van der Waals surface area contributed by atoms with Crippen LogP contribution in [0.5, 0.6) is 0 Å². The predicted octanol–water partition coefficient (Wildman–Crippen LogP) is -2.70. The Kier molecular flexibility index (Phi) is 2.87. The summed E-state index contributed by atoms with van der Waals surface area (Å²) in [6.45, 7) is -0.134. The lowest BCUT2D eigenvalue weighted by Crippen LogP contribution is -2.55. The molecule has 1 heterocycles. The first-order chi connectivity index (χ1) is 6.18. The maximum absolute atomic E-state index is 11.1. The smallest absolute Gasteiger partial charge is 0.341 e. The summed E-state index contributed by atoms with van der Waals surface area (Å²) in [7, 11) is -7.91. The Balaban J connectivity index is 2.63. The van der Waals surface area contributed by atoms with Gasteiger partial charge in [0.25, 0.3) is 0 Å². The van der Waals surface area contributed by atoms with E-state index in [1.807, 2.05) is 0 Å². The molecule has 84 valence electrons. The average molecular weight is 247 g/mol. The molecule has 1 saturated heterocycles. The Labute approximate surface area is 80.9 Å². The van der Waals surface area contributed by atoms with Gasteiger partial charge in [0.2, 0.25) is 0 Å². The third kappa shape index (κ3) is 2.87. The molecule has 0 aromatic carbocycles. The molecule has 0 spiro atoms. The summed E-state index contributed by atoms with van der Waals surface area (Å²) >= 11 is 0. The van der Waals surface area contributed by atoms with Crippen LogP contribution in [0.2, 0.25) is 0 Å². The molecule has 0 aromatic rings. The second kappa shape index (κ2) is 3.40. The Morgan fingerprint density at radius 1 is 1.36 bits per heavy atom. The van der Waals surface area contributed by atoms with Crippen molar-refractivity contribution in [2.75, 3.05) is 18.1 Å². The van der Waals surface area contributed by atoms with Crippen LogP contribution in [-0.2, 0) is 28.6 Å². The fourth-order valence-electron chi connectivity index (χ4n) is 0.903. The summed E-state index contributed by atoms with van der Waals surface area (Å²) in [5.74, 6) is -3.94. The highest BCUT2D eigenvalue weighted by Gasteiger charge is 2.53. The van der Waals surface area contributed by atoms with Gasteiger partial charge in [-0.25, -0.2) is 8.42 Å². The lowest BCUT2D eigenvalue weighted by Gasteiger charge is -2.32. The van der Waals surface area contributed by atoms with Crippen LogP contribution in [0.15, 0.2) is 0 Å². The Bertz CT molecular complexity index is 397.